The van der Waals surface area contributed by atoms with Gasteiger partial charge >= 0.3 is 0 Å². The molecule has 0 spiro atoms. The average molecular weight is 292 g/mol. The number of aromatic nitrogens is 3. The van der Waals surface area contributed by atoms with Gasteiger partial charge in [0.15, 0.2) is 0 Å². The molecule has 110 valence electrons. The van der Waals surface area contributed by atoms with Crippen LogP contribution in [0.1, 0.15) is 17.0 Å². The molecule has 0 bridgehead atoms. The molecule has 3 heterocycles. The highest BCUT2D eigenvalue weighted by Crippen LogP contribution is 2.28. The summed E-state index contributed by atoms with van der Waals surface area (Å²) in [6, 6.07) is 8.55. The Bertz CT molecular complexity index is 797. The third kappa shape index (κ3) is 2.35. The van der Waals surface area contributed by atoms with E-state index in [2.05, 4.69) is 51.0 Å². The fourth-order valence-electron chi connectivity index (χ4n) is 2.76. The van der Waals surface area contributed by atoms with Gasteiger partial charge in [-0.15, -0.1) is 0 Å². The number of anilines is 1. The monoisotopic (exact) mass is 292 g/mol. The van der Waals surface area contributed by atoms with Crippen LogP contribution in [0.25, 0.3) is 11.6 Å². The Morgan fingerprint density at radius 1 is 1.23 bits per heavy atom. The molecule has 0 radical (unpaired) electrons. The van der Waals surface area contributed by atoms with E-state index in [1.807, 2.05) is 0 Å². The molecule has 5 nitrogen and oxygen atoms in total. The molecule has 2 aromatic heterocycles. The summed E-state index contributed by atoms with van der Waals surface area (Å²) >= 11 is 0. The summed E-state index contributed by atoms with van der Waals surface area (Å²) in [6.45, 7) is 3.81. The van der Waals surface area contributed by atoms with Crippen molar-refractivity contribution >= 4 is 5.69 Å². The first-order valence-electron chi connectivity index (χ1n) is 7.36. The zero-order chi connectivity index (χ0) is 14.9. The predicted molar refractivity (Wildman–Crippen MR) is 83.5 cm³/mol. The molecule has 1 aliphatic rings. The number of benzene rings is 1. The molecule has 0 atom stereocenters. The quantitative estimate of drug-likeness (QED) is 0.726. The topological polar surface area (TPSA) is 55.1 Å². The second-order valence-electron chi connectivity index (χ2n) is 5.49. The fourth-order valence-corrected chi connectivity index (χ4v) is 2.76. The SMILES string of the molecule is Cc1cccc(N2CCc3oc(-c4cnccn4)nc3C2)c1. The Labute approximate surface area is 128 Å². The normalized spacial score (nSPS) is 14.0. The van der Waals surface area contributed by atoms with Crippen LogP contribution in [0, 0.1) is 6.92 Å². The van der Waals surface area contributed by atoms with Gasteiger partial charge < -0.3 is 9.32 Å². The summed E-state index contributed by atoms with van der Waals surface area (Å²) < 4.78 is 5.86. The number of rotatable bonds is 2. The Morgan fingerprint density at radius 3 is 3.00 bits per heavy atom. The minimum atomic E-state index is 0.559. The van der Waals surface area contributed by atoms with Crippen LogP contribution in [-0.2, 0) is 13.0 Å². The largest absolute Gasteiger partial charge is 0.439 e. The number of hydrogen-bond donors (Lipinski definition) is 0. The lowest BCUT2D eigenvalue weighted by molar-refractivity contribution is 0.498. The van der Waals surface area contributed by atoms with E-state index >= 15 is 0 Å². The molecule has 5 heteroatoms. The Balaban J connectivity index is 1.63. The maximum absolute atomic E-state index is 5.86. The molecular formula is C17H16N4O. The van der Waals surface area contributed by atoms with Crippen LogP contribution in [0.5, 0.6) is 0 Å². The van der Waals surface area contributed by atoms with Gasteiger partial charge in [0.1, 0.15) is 17.1 Å². The summed E-state index contributed by atoms with van der Waals surface area (Å²) in [5.74, 6) is 1.52. The van der Waals surface area contributed by atoms with Gasteiger partial charge in [-0.3, -0.25) is 4.98 Å². The second kappa shape index (κ2) is 5.26. The molecule has 0 amide bonds. The Kier molecular flexibility index (Phi) is 3.11. The highest BCUT2D eigenvalue weighted by Gasteiger charge is 2.23. The van der Waals surface area contributed by atoms with Crippen LogP contribution >= 0.6 is 0 Å². The van der Waals surface area contributed by atoms with Crippen molar-refractivity contribution in [2.45, 2.75) is 19.9 Å². The molecule has 4 rings (SSSR count). The number of oxazole rings is 1. The highest BCUT2D eigenvalue weighted by atomic mass is 16.4. The molecule has 0 fully saturated rings. The minimum Gasteiger partial charge on any atom is -0.439 e. The fraction of sp³-hybridized carbons (Fsp3) is 0.235. The lowest BCUT2D eigenvalue weighted by Gasteiger charge is -2.27. The summed E-state index contributed by atoms with van der Waals surface area (Å²) in [4.78, 5) is 15.3. The number of nitrogens with zero attached hydrogens (tertiary/aromatic N) is 4. The van der Waals surface area contributed by atoms with E-state index in [4.69, 9.17) is 4.42 Å². The van der Waals surface area contributed by atoms with Gasteiger partial charge in [-0.25, -0.2) is 9.97 Å². The van der Waals surface area contributed by atoms with Gasteiger partial charge in [-0.05, 0) is 24.6 Å². The van der Waals surface area contributed by atoms with Gasteiger partial charge in [0.05, 0.1) is 12.7 Å². The van der Waals surface area contributed by atoms with Crippen LogP contribution in [0.2, 0.25) is 0 Å². The maximum Gasteiger partial charge on any atom is 0.247 e. The van der Waals surface area contributed by atoms with Crippen LogP contribution in [-0.4, -0.2) is 21.5 Å². The molecule has 0 N–H and O–H groups in total. The van der Waals surface area contributed by atoms with Crippen LogP contribution < -0.4 is 4.90 Å². The van der Waals surface area contributed by atoms with E-state index in [1.165, 1.54) is 11.3 Å². The molecule has 0 saturated heterocycles. The lowest BCUT2D eigenvalue weighted by atomic mass is 10.1. The van der Waals surface area contributed by atoms with Gasteiger partial charge in [0, 0.05) is 31.0 Å². The molecule has 22 heavy (non-hydrogen) atoms. The number of aryl methyl sites for hydroxylation is 1. The van der Waals surface area contributed by atoms with Crippen LogP contribution in [0.3, 0.4) is 0 Å². The van der Waals surface area contributed by atoms with Crippen molar-refractivity contribution in [1.82, 2.24) is 15.0 Å². The predicted octanol–water partition coefficient (Wildman–Crippen LogP) is 3.00. The first kappa shape index (κ1) is 13.0. The molecule has 3 aromatic rings. The van der Waals surface area contributed by atoms with Crippen LogP contribution in [0.4, 0.5) is 5.69 Å². The maximum atomic E-state index is 5.86. The molecular weight excluding hydrogens is 276 g/mol. The highest BCUT2D eigenvalue weighted by molar-refractivity contribution is 5.51. The van der Waals surface area contributed by atoms with Crippen molar-refractivity contribution in [3.63, 3.8) is 0 Å². The van der Waals surface area contributed by atoms with Gasteiger partial charge in [-0.1, -0.05) is 12.1 Å². The molecule has 1 aliphatic heterocycles. The Morgan fingerprint density at radius 2 is 2.18 bits per heavy atom. The minimum absolute atomic E-state index is 0.559. The van der Waals surface area contributed by atoms with Crippen molar-refractivity contribution in [3.8, 4) is 11.6 Å². The molecule has 0 saturated carbocycles. The van der Waals surface area contributed by atoms with Crippen molar-refractivity contribution in [1.29, 1.82) is 0 Å². The molecule has 0 unspecified atom stereocenters. The average Bonchev–Trinajstić information content (AvgIpc) is 2.99. The third-order valence-corrected chi connectivity index (χ3v) is 3.88. The van der Waals surface area contributed by atoms with E-state index in [0.29, 0.717) is 11.6 Å². The van der Waals surface area contributed by atoms with Gasteiger partial charge in [-0.2, -0.15) is 0 Å². The number of fused-ring (bicyclic) bond motifs is 1. The van der Waals surface area contributed by atoms with E-state index < -0.39 is 0 Å². The second-order valence-corrected chi connectivity index (χ2v) is 5.49. The molecule has 1 aromatic carbocycles. The smallest absolute Gasteiger partial charge is 0.247 e. The van der Waals surface area contributed by atoms with Crippen LogP contribution in [0.15, 0.2) is 47.3 Å². The first-order valence-corrected chi connectivity index (χ1v) is 7.36. The third-order valence-electron chi connectivity index (χ3n) is 3.88. The lowest BCUT2D eigenvalue weighted by Crippen LogP contribution is -2.30. The van der Waals surface area contributed by atoms with Gasteiger partial charge in [0.2, 0.25) is 5.89 Å². The summed E-state index contributed by atoms with van der Waals surface area (Å²) in [6.07, 6.45) is 5.83. The first-order chi connectivity index (χ1) is 10.8. The summed E-state index contributed by atoms with van der Waals surface area (Å²) in [7, 11) is 0. The standard InChI is InChI=1S/C17H16N4O/c1-12-3-2-4-13(9-12)21-8-5-16-15(11-21)20-17(22-16)14-10-18-6-7-19-14/h2-4,6-7,9-10H,5,8,11H2,1H3. The van der Waals surface area contributed by atoms with Crippen molar-refractivity contribution in [2.75, 3.05) is 11.4 Å². The number of hydrogen-bond acceptors (Lipinski definition) is 5. The summed E-state index contributed by atoms with van der Waals surface area (Å²) in [5.41, 5.74) is 4.17. The zero-order valence-corrected chi connectivity index (χ0v) is 12.4. The summed E-state index contributed by atoms with van der Waals surface area (Å²) in [5, 5.41) is 0. The van der Waals surface area contributed by atoms with Crippen molar-refractivity contribution < 1.29 is 4.42 Å². The van der Waals surface area contributed by atoms with E-state index in [9.17, 15) is 0 Å². The van der Waals surface area contributed by atoms with Crippen molar-refractivity contribution in [3.05, 3.63) is 59.9 Å². The molecule has 0 aliphatic carbocycles. The zero-order valence-electron chi connectivity index (χ0n) is 12.4. The van der Waals surface area contributed by atoms with E-state index in [-0.39, 0.29) is 0 Å². The van der Waals surface area contributed by atoms with Gasteiger partial charge in [0.25, 0.3) is 0 Å². The Hall–Kier alpha value is -2.69. The van der Waals surface area contributed by atoms with E-state index in [1.54, 1.807) is 18.6 Å². The van der Waals surface area contributed by atoms with Crippen molar-refractivity contribution in [2.24, 2.45) is 0 Å². The van der Waals surface area contributed by atoms with E-state index in [0.717, 1.165) is 31.0 Å².